The monoisotopic (exact) mass is 291 g/mol. The zero-order valence-electron chi connectivity index (χ0n) is 11.5. The Morgan fingerprint density at radius 2 is 2.05 bits per heavy atom. The zero-order valence-corrected chi connectivity index (χ0v) is 12.3. The second-order valence-corrected chi connectivity index (χ2v) is 4.74. The van der Waals surface area contributed by atoms with Gasteiger partial charge in [-0.2, -0.15) is 0 Å². The van der Waals surface area contributed by atoms with Crippen molar-refractivity contribution in [2.75, 3.05) is 18.2 Å². The summed E-state index contributed by atoms with van der Waals surface area (Å²) < 4.78 is 5.40. The van der Waals surface area contributed by atoms with Crippen LogP contribution in [0.3, 0.4) is 0 Å². The number of aliphatic hydroxyl groups is 1. The van der Waals surface area contributed by atoms with Gasteiger partial charge in [0.2, 0.25) is 0 Å². The maximum atomic E-state index is 9.33. The average Bonchev–Trinajstić information content (AvgIpc) is 2.49. The first-order chi connectivity index (χ1) is 9.76. The van der Waals surface area contributed by atoms with Crippen LogP contribution in [0.1, 0.15) is 12.5 Å². The third-order valence-electron chi connectivity index (χ3n) is 2.62. The molecule has 0 radical (unpaired) electrons. The molecule has 20 heavy (non-hydrogen) atoms. The summed E-state index contributed by atoms with van der Waals surface area (Å²) in [5.74, 6) is 1.45. The van der Waals surface area contributed by atoms with Crippen molar-refractivity contribution in [3.8, 4) is 5.75 Å². The minimum atomic E-state index is -0.103. The van der Waals surface area contributed by atoms with E-state index in [4.69, 9.17) is 4.74 Å². The molecule has 106 valence electrons. The van der Waals surface area contributed by atoms with Crippen LogP contribution in [0.4, 0.5) is 11.5 Å². The molecule has 0 aliphatic carbocycles. The van der Waals surface area contributed by atoms with Crippen LogP contribution in [0.2, 0.25) is 0 Å². The molecular formula is C14H17N3O2S. The molecule has 2 rings (SSSR count). The van der Waals surface area contributed by atoms with Crippen molar-refractivity contribution in [2.45, 2.75) is 18.7 Å². The van der Waals surface area contributed by atoms with E-state index in [1.54, 1.807) is 6.20 Å². The molecule has 2 aromatic rings. The summed E-state index contributed by atoms with van der Waals surface area (Å²) in [6.07, 6.45) is 3.55. The lowest BCUT2D eigenvalue weighted by Gasteiger charge is -2.11. The Kier molecular flexibility index (Phi) is 5.20. The first-order valence-corrected chi connectivity index (χ1v) is 7.50. The summed E-state index contributed by atoms with van der Waals surface area (Å²) in [5.41, 5.74) is 1.55. The number of aliphatic hydroxyl groups excluding tert-OH is 1. The highest BCUT2D eigenvalue weighted by Crippen LogP contribution is 2.23. The topological polar surface area (TPSA) is 67.3 Å². The Morgan fingerprint density at radius 3 is 2.65 bits per heavy atom. The van der Waals surface area contributed by atoms with Crippen molar-refractivity contribution in [3.63, 3.8) is 0 Å². The van der Waals surface area contributed by atoms with E-state index >= 15 is 0 Å². The van der Waals surface area contributed by atoms with Gasteiger partial charge in [-0.1, -0.05) is 11.8 Å². The molecule has 0 saturated carbocycles. The Morgan fingerprint density at radius 1 is 1.30 bits per heavy atom. The number of thioether (sulfide) groups is 1. The van der Waals surface area contributed by atoms with Crippen molar-refractivity contribution in [3.05, 3.63) is 36.0 Å². The van der Waals surface area contributed by atoms with Crippen LogP contribution in [0.25, 0.3) is 0 Å². The van der Waals surface area contributed by atoms with Gasteiger partial charge in [-0.15, -0.1) is 0 Å². The van der Waals surface area contributed by atoms with Crippen molar-refractivity contribution in [1.29, 1.82) is 0 Å². The highest BCUT2D eigenvalue weighted by molar-refractivity contribution is 7.98. The molecule has 5 nitrogen and oxygen atoms in total. The van der Waals surface area contributed by atoms with Crippen LogP contribution in [-0.4, -0.2) is 27.9 Å². The van der Waals surface area contributed by atoms with Crippen LogP contribution in [0.15, 0.2) is 35.6 Å². The number of hydrogen-bond donors (Lipinski definition) is 2. The highest BCUT2D eigenvalue weighted by Gasteiger charge is 2.06. The second kappa shape index (κ2) is 7.12. The van der Waals surface area contributed by atoms with Crippen LogP contribution < -0.4 is 10.1 Å². The van der Waals surface area contributed by atoms with Crippen LogP contribution in [-0.2, 0) is 6.61 Å². The lowest BCUT2D eigenvalue weighted by atomic mass is 10.2. The van der Waals surface area contributed by atoms with Crippen molar-refractivity contribution < 1.29 is 9.84 Å². The number of nitrogens with one attached hydrogen (secondary N) is 1. The van der Waals surface area contributed by atoms with E-state index in [9.17, 15) is 5.11 Å². The molecule has 1 aromatic heterocycles. The van der Waals surface area contributed by atoms with E-state index in [0.29, 0.717) is 23.1 Å². The molecule has 0 spiro atoms. The van der Waals surface area contributed by atoms with Crippen molar-refractivity contribution in [2.24, 2.45) is 0 Å². The number of rotatable bonds is 6. The standard InChI is InChI=1S/C14H17N3O2S/c1-3-19-12-6-4-11(5-7-12)16-13-10(9-18)8-15-14(17-13)20-2/h4-8,18H,3,9H2,1-2H3,(H,15,16,17). The first kappa shape index (κ1) is 14.6. The van der Waals surface area contributed by atoms with Gasteiger partial charge >= 0.3 is 0 Å². The fraction of sp³-hybridized carbons (Fsp3) is 0.286. The maximum absolute atomic E-state index is 9.33. The molecule has 1 heterocycles. The number of benzene rings is 1. The lowest BCUT2D eigenvalue weighted by Crippen LogP contribution is -2.02. The number of nitrogens with zero attached hydrogens (tertiary/aromatic N) is 2. The number of anilines is 2. The van der Waals surface area contributed by atoms with E-state index in [2.05, 4.69) is 15.3 Å². The Bertz CT molecular complexity index is 561. The molecule has 1 aromatic carbocycles. The molecule has 6 heteroatoms. The van der Waals surface area contributed by atoms with Gasteiger partial charge in [0.25, 0.3) is 0 Å². The Balaban J connectivity index is 2.19. The molecule has 0 aliphatic heterocycles. The Hall–Kier alpha value is -1.79. The molecule has 0 aliphatic rings. The normalized spacial score (nSPS) is 10.3. The maximum Gasteiger partial charge on any atom is 0.189 e. The summed E-state index contributed by atoms with van der Waals surface area (Å²) >= 11 is 1.46. The molecule has 0 atom stereocenters. The van der Waals surface area contributed by atoms with Crippen molar-refractivity contribution >= 4 is 23.3 Å². The molecule has 0 unspecified atom stereocenters. The lowest BCUT2D eigenvalue weighted by molar-refractivity contribution is 0.281. The molecular weight excluding hydrogens is 274 g/mol. The third kappa shape index (κ3) is 3.61. The summed E-state index contributed by atoms with van der Waals surface area (Å²) in [5, 5.41) is 13.2. The molecule has 0 bridgehead atoms. The second-order valence-electron chi connectivity index (χ2n) is 3.97. The van der Waals surface area contributed by atoms with Gasteiger partial charge in [0.1, 0.15) is 11.6 Å². The Labute approximate surface area is 122 Å². The van der Waals surface area contributed by atoms with Gasteiger partial charge in [0.05, 0.1) is 13.2 Å². The van der Waals surface area contributed by atoms with Crippen LogP contribution >= 0.6 is 11.8 Å². The minimum Gasteiger partial charge on any atom is -0.494 e. The minimum absolute atomic E-state index is 0.103. The molecule has 0 saturated heterocycles. The van der Waals surface area contributed by atoms with E-state index in [-0.39, 0.29) is 6.61 Å². The van der Waals surface area contributed by atoms with Gasteiger partial charge in [-0.05, 0) is 37.4 Å². The van der Waals surface area contributed by atoms with Crippen LogP contribution in [0, 0.1) is 0 Å². The largest absolute Gasteiger partial charge is 0.494 e. The quantitative estimate of drug-likeness (QED) is 0.630. The number of ether oxygens (including phenoxy) is 1. The summed E-state index contributed by atoms with van der Waals surface area (Å²) in [7, 11) is 0. The van der Waals surface area contributed by atoms with Gasteiger partial charge < -0.3 is 15.2 Å². The third-order valence-corrected chi connectivity index (χ3v) is 3.19. The van der Waals surface area contributed by atoms with Crippen LogP contribution in [0.5, 0.6) is 5.75 Å². The fourth-order valence-corrected chi connectivity index (χ4v) is 1.99. The summed E-state index contributed by atoms with van der Waals surface area (Å²) in [4.78, 5) is 8.51. The zero-order chi connectivity index (χ0) is 14.4. The molecule has 2 N–H and O–H groups in total. The molecule has 0 amide bonds. The predicted molar refractivity (Wildman–Crippen MR) is 80.6 cm³/mol. The van der Waals surface area contributed by atoms with Gasteiger partial charge in [-0.25, -0.2) is 9.97 Å². The van der Waals surface area contributed by atoms with Gasteiger partial charge in [-0.3, -0.25) is 0 Å². The number of hydrogen-bond acceptors (Lipinski definition) is 6. The highest BCUT2D eigenvalue weighted by atomic mass is 32.2. The average molecular weight is 291 g/mol. The molecule has 0 fully saturated rings. The van der Waals surface area contributed by atoms with E-state index < -0.39 is 0 Å². The van der Waals surface area contributed by atoms with Gasteiger partial charge in [0.15, 0.2) is 5.16 Å². The fourth-order valence-electron chi connectivity index (χ4n) is 1.65. The van der Waals surface area contributed by atoms with E-state index in [0.717, 1.165) is 11.4 Å². The van der Waals surface area contributed by atoms with E-state index in [1.165, 1.54) is 11.8 Å². The summed E-state index contributed by atoms with van der Waals surface area (Å²) in [6, 6.07) is 7.60. The smallest absolute Gasteiger partial charge is 0.189 e. The number of aromatic nitrogens is 2. The van der Waals surface area contributed by atoms with E-state index in [1.807, 2.05) is 37.4 Å². The predicted octanol–water partition coefficient (Wildman–Crippen LogP) is 2.83. The van der Waals surface area contributed by atoms with Crippen molar-refractivity contribution in [1.82, 2.24) is 9.97 Å². The summed E-state index contributed by atoms with van der Waals surface area (Å²) in [6.45, 7) is 2.49. The van der Waals surface area contributed by atoms with Gasteiger partial charge in [0, 0.05) is 17.4 Å². The first-order valence-electron chi connectivity index (χ1n) is 6.27. The SMILES string of the molecule is CCOc1ccc(Nc2nc(SC)ncc2CO)cc1.